The minimum Gasteiger partial charge on any atom is -0.497 e. The van der Waals surface area contributed by atoms with Gasteiger partial charge in [0.2, 0.25) is 0 Å². The molecule has 7 heteroatoms. The third-order valence-electron chi connectivity index (χ3n) is 4.43. The molecule has 0 fully saturated rings. The Morgan fingerprint density at radius 1 is 1.42 bits per heavy atom. The molecule has 0 spiro atoms. The Morgan fingerprint density at radius 3 is 2.83 bits per heavy atom. The number of carbonyl (C=O) groups excluding carboxylic acids is 1. The number of benzene rings is 1. The predicted octanol–water partition coefficient (Wildman–Crippen LogP) is 3.21. The number of aromatic nitrogens is 1. The summed E-state index contributed by atoms with van der Waals surface area (Å²) in [6.45, 7) is 2.50. The standard InChI is InChI=1S/C17H19F3N2O2/c1-10(21-16(23)17(18,19)20)8-12-13-9-11(24-2)5-6-15(13)22-7-3-4-14(12)22/h5-6,9-10H,3-4,7-8H2,1-2H3,(H,21,23)/t10-/m1/s1. The monoisotopic (exact) mass is 340 g/mol. The van der Waals surface area contributed by atoms with E-state index in [4.69, 9.17) is 4.74 Å². The van der Waals surface area contributed by atoms with E-state index in [9.17, 15) is 18.0 Å². The number of alkyl halides is 3. The lowest BCUT2D eigenvalue weighted by atomic mass is 10.0. The van der Waals surface area contributed by atoms with Crippen molar-refractivity contribution in [3.8, 4) is 5.75 Å². The van der Waals surface area contributed by atoms with E-state index >= 15 is 0 Å². The fourth-order valence-corrected chi connectivity index (χ4v) is 3.42. The molecule has 3 rings (SSSR count). The molecule has 130 valence electrons. The van der Waals surface area contributed by atoms with Crippen molar-refractivity contribution < 1.29 is 22.7 Å². The molecule has 1 N–H and O–H groups in total. The second kappa shape index (κ2) is 6.03. The molecule has 0 saturated heterocycles. The van der Waals surface area contributed by atoms with Gasteiger partial charge < -0.3 is 14.6 Å². The number of fused-ring (bicyclic) bond motifs is 3. The quantitative estimate of drug-likeness (QED) is 0.929. The minimum atomic E-state index is -4.86. The molecule has 0 unspecified atom stereocenters. The van der Waals surface area contributed by atoms with Crippen molar-refractivity contribution in [3.05, 3.63) is 29.5 Å². The van der Waals surface area contributed by atoms with Gasteiger partial charge in [0, 0.05) is 29.2 Å². The molecule has 1 aliphatic rings. The number of carbonyl (C=O) groups is 1. The van der Waals surface area contributed by atoms with Crippen LogP contribution in [0.25, 0.3) is 10.9 Å². The second-order valence-electron chi connectivity index (χ2n) is 6.14. The van der Waals surface area contributed by atoms with E-state index in [1.165, 1.54) is 0 Å². The number of amides is 1. The molecule has 2 aromatic rings. The highest BCUT2D eigenvalue weighted by Crippen LogP contribution is 2.34. The Kier molecular flexibility index (Phi) is 4.19. The number of nitrogens with zero attached hydrogens (tertiary/aromatic N) is 1. The molecule has 1 aliphatic heterocycles. The van der Waals surface area contributed by atoms with Crippen LogP contribution in [0.1, 0.15) is 24.6 Å². The van der Waals surface area contributed by atoms with E-state index in [1.54, 1.807) is 14.0 Å². The number of nitrogens with one attached hydrogen (secondary N) is 1. The highest BCUT2D eigenvalue weighted by Gasteiger charge is 2.39. The van der Waals surface area contributed by atoms with Gasteiger partial charge in [0.25, 0.3) is 0 Å². The summed E-state index contributed by atoms with van der Waals surface area (Å²) >= 11 is 0. The molecule has 0 aliphatic carbocycles. The zero-order chi connectivity index (χ0) is 17.5. The van der Waals surface area contributed by atoms with Crippen LogP contribution in [0.2, 0.25) is 0 Å². The second-order valence-corrected chi connectivity index (χ2v) is 6.14. The topological polar surface area (TPSA) is 43.3 Å². The smallest absolute Gasteiger partial charge is 0.471 e. The molecule has 0 bridgehead atoms. The highest BCUT2D eigenvalue weighted by atomic mass is 19.4. The molecule has 24 heavy (non-hydrogen) atoms. The van der Waals surface area contributed by atoms with E-state index in [1.807, 2.05) is 23.5 Å². The number of rotatable bonds is 4. The zero-order valence-corrected chi connectivity index (χ0v) is 13.5. The van der Waals surface area contributed by atoms with Crippen molar-refractivity contribution in [1.29, 1.82) is 0 Å². The van der Waals surface area contributed by atoms with Gasteiger partial charge in [0.1, 0.15) is 5.75 Å². The molecule has 0 saturated carbocycles. The first-order valence-electron chi connectivity index (χ1n) is 7.87. The largest absolute Gasteiger partial charge is 0.497 e. The van der Waals surface area contributed by atoms with Crippen molar-refractivity contribution in [2.24, 2.45) is 0 Å². The highest BCUT2D eigenvalue weighted by molar-refractivity contribution is 5.87. The average molecular weight is 340 g/mol. The number of methoxy groups -OCH3 is 1. The van der Waals surface area contributed by atoms with Gasteiger partial charge in [-0.3, -0.25) is 4.79 Å². The first kappa shape index (κ1) is 16.7. The fourth-order valence-electron chi connectivity index (χ4n) is 3.42. The van der Waals surface area contributed by atoms with E-state index in [0.29, 0.717) is 12.2 Å². The van der Waals surface area contributed by atoms with Crippen LogP contribution in [-0.4, -0.2) is 29.8 Å². The lowest BCUT2D eigenvalue weighted by molar-refractivity contribution is -0.174. The van der Waals surface area contributed by atoms with Gasteiger partial charge in [-0.2, -0.15) is 13.2 Å². The summed E-state index contributed by atoms with van der Waals surface area (Å²) in [6.07, 6.45) is -2.59. The summed E-state index contributed by atoms with van der Waals surface area (Å²) in [5.74, 6) is -1.19. The third-order valence-corrected chi connectivity index (χ3v) is 4.43. The first-order chi connectivity index (χ1) is 11.3. The lowest BCUT2D eigenvalue weighted by Gasteiger charge is -2.16. The average Bonchev–Trinajstić information content (AvgIpc) is 3.09. The minimum absolute atomic E-state index is 0.355. The van der Waals surface area contributed by atoms with Crippen LogP contribution in [0, 0.1) is 0 Å². The maximum Gasteiger partial charge on any atom is 0.471 e. The van der Waals surface area contributed by atoms with Gasteiger partial charge in [-0.05, 0) is 49.9 Å². The van der Waals surface area contributed by atoms with Gasteiger partial charge in [0.15, 0.2) is 0 Å². The number of halogens is 3. The molecule has 0 radical (unpaired) electrons. The van der Waals surface area contributed by atoms with E-state index in [0.717, 1.165) is 41.5 Å². The Bertz CT molecular complexity index is 780. The van der Waals surface area contributed by atoms with Crippen molar-refractivity contribution in [1.82, 2.24) is 9.88 Å². The SMILES string of the molecule is COc1ccc2c(c1)c(C[C@@H](C)NC(=O)C(F)(F)F)c1n2CCC1. The number of ether oxygens (including phenoxy) is 1. The summed E-state index contributed by atoms with van der Waals surface area (Å²) in [7, 11) is 1.58. The Balaban J connectivity index is 1.92. The van der Waals surface area contributed by atoms with Crippen molar-refractivity contribution in [2.75, 3.05) is 7.11 Å². The lowest BCUT2D eigenvalue weighted by Crippen LogP contribution is -2.42. The van der Waals surface area contributed by atoms with E-state index in [-0.39, 0.29) is 0 Å². The van der Waals surface area contributed by atoms with Gasteiger partial charge >= 0.3 is 12.1 Å². The maximum absolute atomic E-state index is 12.4. The maximum atomic E-state index is 12.4. The van der Waals surface area contributed by atoms with Crippen LogP contribution in [0.5, 0.6) is 5.75 Å². The van der Waals surface area contributed by atoms with Crippen LogP contribution in [0.3, 0.4) is 0 Å². The molecule has 4 nitrogen and oxygen atoms in total. The molecule has 2 heterocycles. The number of hydrogen-bond acceptors (Lipinski definition) is 2. The Labute approximate surface area is 137 Å². The van der Waals surface area contributed by atoms with Crippen LogP contribution in [0.4, 0.5) is 13.2 Å². The first-order valence-corrected chi connectivity index (χ1v) is 7.87. The molecule has 1 amide bonds. The Morgan fingerprint density at radius 2 is 2.17 bits per heavy atom. The summed E-state index contributed by atoms with van der Waals surface area (Å²) in [6, 6.07) is 5.16. The van der Waals surface area contributed by atoms with Gasteiger partial charge in [-0.15, -0.1) is 0 Å². The van der Waals surface area contributed by atoms with E-state index < -0.39 is 18.1 Å². The van der Waals surface area contributed by atoms with Crippen molar-refractivity contribution in [2.45, 2.75) is 44.9 Å². The normalized spacial score (nSPS) is 15.4. The van der Waals surface area contributed by atoms with Crippen molar-refractivity contribution in [3.63, 3.8) is 0 Å². The zero-order valence-electron chi connectivity index (χ0n) is 13.5. The predicted molar refractivity (Wildman–Crippen MR) is 84.2 cm³/mol. The summed E-state index contributed by atoms with van der Waals surface area (Å²) in [5, 5.41) is 3.02. The van der Waals surface area contributed by atoms with Crippen LogP contribution in [0.15, 0.2) is 18.2 Å². The van der Waals surface area contributed by atoms with Gasteiger partial charge in [-0.25, -0.2) is 0 Å². The van der Waals surface area contributed by atoms with Gasteiger partial charge in [-0.1, -0.05) is 0 Å². The van der Waals surface area contributed by atoms with Crippen LogP contribution in [-0.2, 0) is 24.2 Å². The van der Waals surface area contributed by atoms with Crippen LogP contribution < -0.4 is 10.1 Å². The molecular weight excluding hydrogens is 321 g/mol. The summed E-state index contributed by atoms with van der Waals surface area (Å²) in [4.78, 5) is 11.1. The van der Waals surface area contributed by atoms with E-state index in [2.05, 4.69) is 4.57 Å². The number of aryl methyl sites for hydroxylation is 1. The third kappa shape index (κ3) is 2.95. The van der Waals surface area contributed by atoms with Crippen LogP contribution >= 0.6 is 0 Å². The fraction of sp³-hybridized carbons (Fsp3) is 0.471. The molecule has 1 atom stereocenters. The summed E-state index contributed by atoms with van der Waals surface area (Å²) < 4.78 is 44.8. The number of hydrogen-bond donors (Lipinski definition) is 1. The van der Waals surface area contributed by atoms with Gasteiger partial charge in [0.05, 0.1) is 7.11 Å². The summed E-state index contributed by atoms with van der Waals surface area (Å²) in [5.41, 5.74) is 3.20. The van der Waals surface area contributed by atoms with Crippen molar-refractivity contribution >= 4 is 16.8 Å². The Hall–Kier alpha value is -2.18. The molecule has 1 aromatic carbocycles. The molecular formula is C17H19F3N2O2. The molecule has 1 aromatic heterocycles.